The SMILES string of the molecule is NC1=CC(C2CCc3ccccc3C2)CN1. The molecule has 16 heavy (non-hydrogen) atoms. The van der Waals surface area contributed by atoms with Crippen molar-refractivity contribution in [2.24, 2.45) is 17.6 Å². The van der Waals surface area contributed by atoms with E-state index in [9.17, 15) is 0 Å². The number of hydrogen-bond acceptors (Lipinski definition) is 2. The largest absolute Gasteiger partial charge is 0.386 e. The van der Waals surface area contributed by atoms with Gasteiger partial charge in [0.1, 0.15) is 0 Å². The Morgan fingerprint density at radius 3 is 2.75 bits per heavy atom. The fourth-order valence-electron chi connectivity index (χ4n) is 2.98. The molecule has 1 aromatic rings. The van der Waals surface area contributed by atoms with Crippen molar-refractivity contribution in [2.45, 2.75) is 19.3 Å². The van der Waals surface area contributed by atoms with Gasteiger partial charge in [0.2, 0.25) is 0 Å². The Kier molecular flexibility index (Phi) is 2.35. The molecule has 1 heterocycles. The van der Waals surface area contributed by atoms with Crippen LogP contribution in [0.15, 0.2) is 36.2 Å². The maximum atomic E-state index is 5.78. The highest BCUT2D eigenvalue weighted by Crippen LogP contribution is 2.32. The molecule has 0 spiro atoms. The summed E-state index contributed by atoms with van der Waals surface area (Å²) in [5.41, 5.74) is 8.86. The Balaban J connectivity index is 1.78. The fraction of sp³-hybridized carbons (Fsp3) is 0.429. The molecule has 0 saturated heterocycles. The molecule has 0 fully saturated rings. The van der Waals surface area contributed by atoms with Crippen molar-refractivity contribution >= 4 is 0 Å². The minimum atomic E-state index is 0.633. The molecule has 1 aliphatic heterocycles. The van der Waals surface area contributed by atoms with E-state index >= 15 is 0 Å². The normalized spacial score (nSPS) is 28.1. The fourth-order valence-corrected chi connectivity index (χ4v) is 2.98. The van der Waals surface area contributed by atoms with Gasteiger partial charge in [0.25, 0.3) is 0 Å². The maximum Gasteiger partial charge on any atom is 0.0922 e. The smallest absolute Gasteiger partial charge is 0.0922 e. The highest BCUT2D eigenvalue weighted by atomic mass is 15.0. The molecule has 3 rings (SSSR count). The van der Waals surface area contributed by atoms with Crippen LogP contribution in [-0.2, 0) is 12.8 Å². The Bertz CT molecular complexity index is 422. The van der Waals surface area contributed by atoms with Crippen LogP contribution < -0.4 is 11.1 Å². The van der Waals surface area contributed by atoms with Crippen LogP contribution in [0.4, 0.5) is 0 Å². The molecule has 0 bridgehead atoms. The summed E-state index contributed by atoms with van der Waals surface area (Å²) in [4.78, 5) is 0. The quantitative estimate of drug-likeness (QED) is 0.748. The van der Waals surface area contributed by atoms with Crippen molar-refractivity contribution in [3.63, 3.8) is 0 Å². The monoisotopic (exact) mass is 214 g/mol. The van der Waals surface area contributed by atoms with Crippen LogP contribution in [0.2, 0.25) is 0 Å². The van der Waals surface area contributed by atoms with Gasteiger partial charge in [0.05, 0.1) is 5.82 Å². The summed E-state index contributed by atoms with van der Waals surface area (Å²) in [5, 5.41) is 3.23. The van der Waals surface area contributed by atoms with E-state index in [4.69, 9.17) is 5.73 Å². The van der Waals surface area contributed by atoms with Crippen LogP contribution in [0.5, 0.6) is 0 Å². The van der Waals surface area contributed by atoms with Crippen molar-refractivity contribution in [1.29, 1.82) is 0 Å². The zero-order chi connectivity index (χ0) is 11.0. The van der Waals surface area contributed by atoms with Gasteiger partial charge in [-0.3, -0.25) is 0 Å². The van der Waals surface area contributed by atoms with Gasteiger partial charge in [0, 0.05) is 12.5 Å². The van der Waals surface area contributed by atoms with E-state index in [1.54, 1.807) is 5.56 Å². The number of nitrogens with two attached hydrogens (primary N) is 1. The molecule has 1 aromatic carbocycles. The third-order valence-corrected chi connectivity index (χ3v) is 3.93. The van der Waals surface area contributed by atoms with Crippen molar-refractivity contribution in [2.75, 3.05) is 6.54 Å². The van der Waals surface area contributed by atoms with E-state index in [0.29, 0.717) is 5.92 Å². The summed E-state index contributed by atoms with van der Waals surface area (Å²) < 4.78 is 0. The second-order valence-corrected chi connectivity index (χ2v) is 4.94. The molecule has 2 nitrogen and oxygen atoms in total. The predicted molar refractivity (Wildman–Crippen MR) is 65.7 cm³/mol. The lowest BCUT2D eigenvalue weighted by molar-refractivity contribution is 0.359. The summed E-state index contributed by atoms with van der Waals surface area (Å²) in [6.45, 7) is 1.03. The summed E-state index contributed by atoms with van der Waals surface area (Å²) >= 11 is 0. The molecule has 3 N–H and O–H groups in total. The topological polar surface area (TPSA) is 38.0 Å². The number of hydrogen-bond donors (Lipinski definition) is 2. The zero-order valence-electron chi connectivity index (χ0n) is 9.45. The molecule has 0 saturated carbocycles. The third-order valence-electron chi connectivity index (χ3n) is 3.93. The Morgan fingerprint density at radius 2 is 2.00 bits per heavy atom. The van der Waals surface area contributed by atoms with E-state index < -0.39 is 0 Å². The highest BCUT2D eigenvalue weighted by molar-refractivity contribution is 5.30. The summed E-state index contributed by atoms with van der Waals surface area (Å²) in [7, 11) is 0. The molecular weight excluding hydrogens is 196 g/mol. The van der Waals surface area contributed by atoms with E-state index in [-0.39, 0.29) is 0 Å². The second-order valence-electron chi connectivity index (χ2n) is 4.94. The first-order valence-corrected chi connectivity index (χ1v) is 6.11. The van der Waals surface area contributed by atoms with Gasteiger partial charge in [-0.1, -0.05) is 24.3 Å². The van der Waals surface area contributed by atoms with Gasteiger partial charge in [0.15, 0.2) is 0 Å². The zero-order valence-corrected chi connectivity index (χ0v) is 9.45. The van der Waals surface area contributed by atoms with Gasteiger partial charge in [-0.2, -0.15) is 0 Å². The van der Waals surface area contributed by atoms with E-state index in [0.717, 1.165) is 18.3 Å². The lowest BCUT2D eigenvalue weighted by Crippen LogP contribution is -2.25. The molecular formula is C14H18N2. The van der Waals surface area contributed by atoms with Crippen molar-refractivity contribution in [1.82, 2.24) is 5.32 Å². The van der Waals surface area contributed by atoms with E-state index in [1.165, 1.54) is 24.8 Å². The molecule has 2 unspecified atom stereocenters. The van der Waals surface area contributed by atoms with Gasteiger partial charge < -0.3 is 11.1 Å². The van der Waals surface area contributed by atoms with Crippen LogP contribution >= 0.6 is 0 Å². The molecule has 2 heteroatoms. The minimum absolute atomic E-state index is 0.633. The summed E-state index contributed by atoms with van der Waals surface area (Å²) in [5.74, 6) is 2.26. The number of rotatable bonds is 1. The van der Waals surface area contributed by atoms with Crippen LogP contribution in [-0.4, -0.2) is 6.54 Å². The molecule has 0 radical (unpaired) electrons. The highest BCUT2D eigenvalue weighted by Gasteiger charge is 2.27. The Hall–Kier alpha value is -1.44. The van der Waals surface area contributed by atoms with E-state index in [1.807, 2.05) is 0 Å². The molecule has 0 amide bonds. The van der Waals surface area contributed by atoms with Gasteiger partial charge in [-0.25, -0.2) is 0 Å². The number of nitrogens with one attached hydrogen (secondary N) is 1. The van der Waals surface area contributed by atoms with Gasteiger partial charge in [-0.15, -0.1) is 0 Å². The number of benzene rings is 1. The van der Waals surface area contributed by atoms with Crippen LogP contribution in [0.1, 0.15) is 17.5 Å². The average Bonchev–Trinajstić information content (AvgIpc) is 2.75. The third kappa shape index (κ3) is 1.69. The molecule has 1 aliphatic carbocycles. The predicted octanol–water partition coefficient (Wildman–Crippen LogP) is 1.81. The lowest BCUT2D eigenvalue weighted by Gasteiger charge is -2.28. The average molecular weight is 214 g/mol. The summed E-state index contributed by atoms with van der Waals surface area (Å²) in [6, 6.07) is 8.84. The van der Waals surface area contributed by atoms with Crippen LogP contribution in [0, 0.1) is 11.8 Å². The van der Waals surface area contributed by atoms with E-state index in [2.05, 4.69) is 35.7 Å². The standard InChI is InChI=1S/C14H18N2/c15-14-8-13(9-16-14)12-6-5-10-3-1-2-4-11(10)7-12/h1-4,8,12-13,16H,5-7,9,15H2. The molecule has 0 aromatic heterocycles. The first-order valence-electron chi connectivity index (χ1n) is 6.11. The second kappa shape index (κ2) is 3.85. The number of aryl methyl sites for hydroxylation is 1. The molecule has 2 atom stereocenters. The maximum absolute atomic E-state index is 5.78. The first kappa shape index (κ1) is 9.76. The number of fused-ring (bicyclic) bond motifs is 1. The summed E-state index contributed by atoms with van der Waals surface area (Å²) in [6.07, 6.45) is 5.95. The molecule has 2 aliphatic rings. The molecule has 84 valence electrons. The van der Waals surface area contributed by atoms with Crippen LogP contribution in [0.3, 0.4) is 0 Å². The van der Waals surface area contributed by atoms with Crippen LogP contribution in [0.25, 0.3) is 0 Å². The van der Waals surface area contributed by atoms with Crippen molar-refractivity contribution in [3.05, 3.63) is 47.3 Å². The Labute approximate surface area is 96.5 Å². The Morgan fingerprint density at radius 1 is 1.19 bits per heavy atom. The van der Waals surface area contributed by atoms with Gasteiger partial charge >= 0.3 is 0 Å². The minimum Gasteiger partial charge on any atom is -0.386 e. The van der Waals surface area contributed by atoms with Crippen molar-refractivity contribution in [3.8, 4) is 0 Å². The first-order chi connectivity index (χ1) is 7.83. The van der Waals surface area contributed by atoms with Gasteiger partial charge in [-0.05, 0) is 42.4 Å². The van der Waals surface area contributed by atoms with Crippen molar-refractivity contribution < 1.29 is 0 Å². The lowest BCUT2D eigenvalue weighted by atomic mass is 9.77.